The maximum atomic E-state index is 11.7. The van der Waals surface area contributed by atoms with Crippen LogP contribution >= 0.6 is 11.8 Å². The molecular weight excluding hydrogens is 312 g/mol. The number of hydrogen-bond acceptors (Lipinski definition) is 7. The van der Waals surface area contributed by atoms with Gasteiger partial charge in [-0.1, -0.05) is 0 Å². The minimum atomic E-state index is -0.650. The Morgan fingerprint density at radius 2 is 1.32 bits per heavy atom. The van der Waals surface area contributed by atoms with E-state index in [2.05, 4.69) is 0 Å². The number of hydrogen-bond donors (Lipinski definition) is 0. The zero-order chi connectivity index (χ0) is 16.1. The lowest BCUT2D eigenvalue weighted by Crippen LogP contribution is -2.00. The van der Waals surface area contributed by atoms with Crippen molar-refractivity contribution in [3.8, 4) is 5.75 Å². The molecule has 0 N–H and O–H groups in total. The third-order valence-electron chi connectivity index (χ3n) is 2.50. The maximum Gasteiger partial charge on any atom is 0.377 e. The molecule has 2 aromatic rings. The van der Waals surface area contributed by atoms with Crippen LogP contribution in [0.1, 0.15) is 0 Å². The average molecular weight is 320 g/mol. The lowest BCUT2D eigenvalue weighted by atomic mass is 10.3. The predicted molar refractivity (Wildman–Crippen MR) is 78.1 cm³/mol. The smallest absolute Gasteiger partial charge is 0.377 e. The molecule has 0 unspecified atom stereocenters. The van der Waals surface area contributed by atoms with Crippen molar-refractivity contribution < 1.29 is 19.4 Å². The molecule has 0 spiro atoms. The van der Waals surface area contributed by atoms with Crippen molar-refractivity contribution in [1.82, 2.24) is 0 Å². The molecule has 112 valence electrons. The summed E-state index contributed by atoms with van der Waals surface area (Å²) in [5.74, 6) is 0.171. The number of nitro groups is 2. The van der Waals surface area contributed by atoms with Crippen LogP contribution in [0.3, 0.4) is 0 Å². The highest BCUT2D eigenvalue weighted by Gasteiger charge is 2.11. The first-order valence-electron chi connectivity index (χ1n) is 5.84. The summed E-state index contributed by atoms with van der Waals surface area (Å²) in [6.45, 7) is 0. The van der Waals surface area contributed by atoms with Gasteiger partial charge in [0.2, 0.25) is 0 Å². The molecule has 0 saturated heterocycles. The van der Waals surface area contributed by atoms with Gasteiger partial charge >= 0.3 is 5.30 Å². The Balaban J connectivity index is 1.97. The topological polar surface area (TPSA) is 113 Å². The number of ether oxygens (including phenoxy) is 1. The molecule has 8 nitrogen and oxygen atoms in total. The van der Waals surface area contributed by atoms with E-state index in [0.29, 0.717) is 4.90 Å². The van der Waals surface area contributed by atoms with Crippen LogP contribution in [0, 0.1) is 20.2 Å². The molecular formula is C13H8N2O6S. The summed E-state index contributed by atoms with van der Waals surface area (Å²) in [4.78, 5) is 32.1. The van der Waals surface area contributed by atoms with Gasteiger partial charge in [0.25, 0.3) is 11.4 Å². The molecule has 22 heavy (non-hydrogen) atoms. The normalized spacial score (nSPS) is 10.0. The van der Waals surface area contributed by atoms with Crippen LogP contribution in [0.5, 0.6) is 5.75 Å². The summed E-state index contributed by atoms with van der Waals surface area (Å²) in [6, 6.07) is 10.5. The van der Waals surface area contributed by atoms with Crippen molar-refractivity contribution in [3.05, 3.63) is 68.8 Å². The lowest BCUT2D eigenvalue weighted by molar-refractivity contribution is -0.385. The van der Waals surface area contributed by atoms with E-state index in [1.807, 2.05) is 0 Å². The van der Waals surface area contributed by atoms with Crippen molar-refractivity contribution in [2.24, 2.45) is 0 Å². The van der Waals surface area contributed by atoms with Crippen LogP contribution in [0.15, 0.2) is 53.4 Å². The molecule has 0 heterocycles. The van der Waals surface area contributed by atoms with Crippen LogP contribution in [-0.2, 0) is 0 Å². The highest BCUT2D eigenvalue weighted by Crippen LogP contribution is 2.25. The Morgan fingerprint density at radius 3 is 1.77 bits per heavy atom. The monoisotopic (exact) mass is 320 g/mol. The highest BCUT2D eigenvalue weighted by atomic mass is 32.2. The van der Waals surface area contributed by atoms with Crippen molar-refractivity contribution in [2.45, 2.75) is 4.90 Å². The summed E-state index contributed by atoms with van der Waals surface area (Å²) in [5.41, 5.74) is -0.184. The molecule has 0 atom stereocenters. The fourth-order valence-corrected chi connectivity index (χ4v) is 2.09. The summed E-state index contributed by atoms with van der Waals surface area (Å²) in [7, 11) is 0. The molecule has 0 aromatic heterocycles. The molecule has 0 bridgehead atoms. The van der Waals surface area contributed by atoms with Crippen molar-refractivity contribution in [3.63, 3.8) is 0 Å². The lowest BCUT2D eigenvalue weighted by Gasteiger charge is -2.03. The van der Waals surface area contributed by atoms with Crippen LogP contribution < -0.4 is 4.74 Å². The molecule has 0 aliphatic rings. The van der Waals surface area contributed by atoms with E-state index in [9.17, 15) is 25.0 Å². The molecule has 0 fully saturated rings. The minimum Gasteiger partial charge on any atom is -0.418 e. The number of nitrogens with zero attached hydrogens (tertiary/aromatic N) is 2. The number of rotatable bonds is 4. The molecule has 0 radical (unpaired) electrons. The van der Waals surface area contributed by atoms with Crippen molar-refractivity contribution >= 4 is 28.4 Å². The van der Waals surface area contributed by atoms with Crippen LogP contribution in [-0.4, -0.2) is 15.1 Å². The molecule has 2 rings (SSSR count). The number of non-ortho nitro benzene ring substituents is 2. The van der Waals surface area contributed by atoms with Crippen LogP contribution in [0.2, 0.25) is 0 Å². The third-order valence-corrected chi connectivity index (χ3v) is 3.26. The van der Waals surface area contributed by atoms with E-state index in [1.54, 1.807) is 0 Å². The predicted octanol–water partition coefficient (Wildman–Crippen LogP) is 3.79. The SMILES string of the molecule is O=C(Oc1ccc([N+](=O)[O-])cc1)Sc1ccc([N+](=O)[O-])cc1. The van der Waals surface area contributed by atoms with E-state index in [-0.39, 0.29) is 17.1 Å². The molecule has 9 heteroatoms. The third kappa shape index (κ3) is 4.03. The maximum absolute atomic E-state index is 11.7. The fraction of sp³-hybridized carbons (Fsp3) is 0. The first kappa shape index (κ1) is 15.4. The fourth-order valence-electron chi connectivity index (χ4n) is 1.49. The first-order valence-corrected chi connectivity index (χ1v) is 6.66. The van der Waals surface area contributed by atoms with E-state index >= 15 is 0 Å². The molecule has 0 aliphatic heterocycles. The minimum absolute atomic E-state index is 0.0758. The standard InChI is InChI=1S/C13H8N2O6S/c16-13(21-11-5-1-9(2-6-11)14(17)18)22-12-7-3-10(4-8-12)15(19)20/h1-8H. The van der Waals surface area contributed by atoms with Gasteiger partial charge in [-0.3, -0.25) is 20.2 Å². The molecule has 0 aliphatic carbocycles. The number of carbonyl (C=O) groups excluding carboxylic acids is 1. The Kier molecular flexibility index (Phi) is 4.69. The van der Waals surface area contributed by atoms with Gasteiger partial charge in [0.05, 0.1) is 9.85 Å². The van der Waals surface area contributed by atoms with Gasteiger partial charge in [0, 0.05) is 29.2 Å². The van der Waals surface area contributed by atoms with Gasteiger partial charge in [-0.05, 0) is 36.0 Å². The summed E-state index contributed by atoms with van der Waals surface area (Å²) in [5, 5.41) is 20.4. The highest BCUT2D eigenvalue weighted by molar-refractivity contribution is 8.13. The second kappa shape index (κ2) is 6.68. The van der Waals surface area contributed by atoms with E-state index in [1.165, 1.54) is 48.5 Å². The second-order valence-electron chi connectivity index (χ2n) is 3.96. The van der Waals surface area contributed by atoms with Gasteiger partial charge in [-0.2, -0.15) is 0 Å². The molecule has 0 saturated carbocycles. The summed E-state index contributed by atoms with van der Waals surface area (Å²) < 4.78 is 5.00. The average Bonchev–Trinajstić information content (AvgIpc) is 2.48. The van der Waals surface area contributed by atoms with Gasteiger partial charge in [0.15, 0.2) is 0 Å². The Morgan fingerprint density at radius 1 is 0.864 bits per heavy atom. The number of nitro benzene ring substituents is 2. The quantitative estimate of drug-likeness (QED) is 0.364. The van der Waals surface area contributed by atoms with Gasteiger partial charge in [-0.15, -0.1) is 0 Å². The Bertz CT molecular complexity index is 653. The molecule has 2 aromatic carbocycles. The van der Waals surface area contributed by atoms with Crippen molar-refractivity contribution in [1.29, 1.82) is 0 Å². The zero-order valence-electron chi connectivity index (χ0n) is 10.9. The van der Waals surface area contributed by atoms with Gasteiger partial charge in [-0.25, -0.2) is 4.79 Å². The van der Waals surface area contributed by atoms with E-state index in [0.717, 1.165) is 11.8 Å². The number of thioether (sulfide) groups is 1. The van der Waals surface area contributed by atoms with Crippen molar-refractivity contribution in [2.75, 3.05) is 0 Å². The van der Waals surface area contributed by atoms with E-state index < -0.39 is 15.1 Å². The largest absolute Gasteiger partial charge is 0.418 e. The van der Waals surface area contributed by atoms with Crippen LogP contribution in [0.25, 0.3) is 0 Å². The van der Waals surface area contributed by atoms with Crippen LogP contribution in [0.4, 0.5) is 16.2 Å². The number of carbonyl (C=O) groups is 1. The second-order valence-corrected chi connectivity index (χ2v) is 4.97. The summed E-state index contributed by atoms with van der Waals surface area (Å²) in [6.07, 6.45) is 0. The summed E-state index contributed by atoms with van der Waals surface area (Å²) >= 11 is 0.752. The Hall–Kier alpha value is -2.94. The van der Waals surface area contributed by atoms with E-state index in [4.69, 9.17) is 4.74 Å². The van der Waals surface area contributed by atoms with Gasteiger partial charge in [0.1, 0.15) is 5.75 Å². The Labute approximate surface area is 128 Å². The molecule has 0 amide bonds. The zero-order valence-corrected chi connectivity index (χ0v) is 11.7. The first-order chi connectivity index (χ1) is 10.5. The van der Waals surface area contributed by atoms with Gasteiger partial charge < -0.3 is 4.74 Å². The number of benzene rings is 2.